The molecule has 0 saturated heterocycles. The molecule has 0 radical (unpaired) electrons. The maximum atomic E-state index is 7.11. The van der Waals surface area contributed by atoms with Crippen LogP contribution in [0, 0.1) is 0 Å². The molecule has 0 unspecified atom stereocenters. The fraction of sp³-hybridized carbons (Fsp3) is 0. The van der Waals surface area contributed by atoms with Gasteiger partial charge in [0.25, 0.3) is 0 Å². The summed E-state index contributed by atoms with van der Waals surface area (Å²) < 4.78 is 9.48. The van der Waals surface area contributed by atoms with Crippen molar-refractivity contribution in [2.24, 2.45) is 0 Å². The minimum atomic E-state index is 0.549. The first-order chi connectivity index (χ1) is 27.7. The van der Waals surface area contributed by atoms with Gasteiger partial charge in [-0.15, -0.1) is 0 Å². The number of hydrogen-bond donors (Lipinski definition) is 0. The SMILES string of the molecule is c1ccc2cc(-c3nc(-c4ccc5ccccc5c4)nc(-c4ccc(-n5c6ccccc6c6ccccc65)c5c4oc4c6ccccc6ccc45)n3)ccc2c1. The van der Waals surface area contributed by atoms with Gasteiger partial charge in [-0.1, -0.05) is 140 Å². The second-order valence-electron chi connectivity index (χ2n) is 14.4. The van der Waals surface area contributed by atoms with Crippen LogP contribution >= 0.6 is 0 Å². The predicted octanol–water partition coefficient (Wildman–Crippen LogP) is 13.3. The van der Waals surface area contributed by atoms with Gasteiger partial charge in [-0.25, -0.2) is 15.0 Å². The Balaban J connectivity index is 1.18. The first kappa shape index (κ1) is 30.8. The van der Waals surface area contributed by atoms with E-state index in [9.17, 15) is 0 Å². The largest absolute Gasteiger partial charge is 0.455 e. The van der Waals surface area contributed by atoms with E-state index in [0.717, 1.165) is 87.7 Å². The van der Waals surface area contributed by atoms with Crippen molar-refractivity contribution in [1.29, 1.82) is 0 Å². The first-order valence-corrected chi connectivity index (χ1v) is 18.9. The number of fused-ring (bicyclic) bond motifs is 10. The third-order valence-electron chi connectivity index (χ3n) is 11.2. The van der Waals surface area contributed by atoms with Crippen LogP contribution in [0.2, 0.25) is 0 Å². The minimum Gasteiger partial charge on any atom is -0.455 e. The van der Waals surface area contributed by atoms with E-state index in [1.54, 1.807) is 0 Å². The van der Waals surface area contributed by atoms with Gasteiger partial charge in [0.05, 0.1) is 27.7 Å². The fourth-order valence-corrected chi connectivity index (χ4v) is 8.55. The molecule has 0 aliphatic carbocycles. The maximum absolute atomic E-state index is 7.11. The predicted molar refractivity (Wildman–Crippen MR) is 230 cm³/mol. The van der Waals surface area contributed by atoms with E-state index in [4.69, 9.17) is 19.4 Å². The molecule has 0 saturated carbocycles. The lowest BCUT2D eigenvalue weighted by Crippen LogP contribution is -2.01. The molecule has 260 valence electrons. The Morgan fingerprint density at radius 3 is 1.48 bits per heavy atom. The van der Waals surface area contributed by atoms with Crippen molar-refractivity contribution in [3.63, 3.8) is 0 Å². The van der Waals surface area contributed by atoms with Gasteiger partial charge >= 0.3 is 0 Å². The molecular formula is C51H30N4O. The van der Waals surface area contributed by atoms with Crippen LogP contribution in [0.25, 0.3) is 116 Å². The zero-order valence-electron chi connectivity index (χ0n) is 30.0. The molecule has 0 aliphatic heterocycles. The second-order valence-corrected chi connectivity index (χ2v) is 14.4. The van der Waals surface area contributed by atoms with Crippen LogP contribution in [-0.4, -0.2) is 19.5 Å². The molecule has 3 heterocycles. The van der Waals surface area contributed by atoms with E-state index >= 15 is 0 Å². The summed E-state index contributed by atoms with van der Waals surface area (Å²) in [6.07, 6.45) is 0. The summed E-state index contributed by atoms with van der Waals surface area (Å²) in [6, 6.07) is 63.9. The fourth-order valence-electron chi connectivity index (χ4n) is 8.55. The molecule has 3 aromatic heterocycles. The van der Waals surface area contributed by atoms with E-state index in [1.807, 2.05) is 0 Å². The van der Waals surface area contributed by atoms with Crippen molar-refractivity contribution < 1.29 is 4.42 Å². The summed E-state index contributed by atoms with van der Waals surface area (Å²) in [5.74, 6) is 1.75. The Labute approximate surface area is 320 Å². The monoisotopic (exact) mass is 714 g/mol. The number of benzene rings is 9. The second kappa shape index (κ2) is 11.9. The minimum absolute atomic E-state index is 0.549. The first-order valence-electron chi connectivity index (χ1n) is 18.9. The summed E-state index contributed by atoms with van der Waals surface area (Å²) in [7, 11) is 0. The van der Waals surface area contributed by atoms with Crippen LogP contribution in [-0.2, 0) is 0 Å². The molecule has 12 aromatic rings. The molecule has 56 heavy (non-hydrogen) atoms. The third kappa shape index (κ3) is 4.64. The Morgan fingerprint density at radius 1 is 0.357 bits per heavy atom. The number of hydrogen-bond acceptors (Lipinski definition) is 4. The van der Waals surface area contributed by atoms with E-state index in [2.05, 4.69) is 187 Å². The maximum Gasteiger partial charge on any atom is 0.167 e. The van der Waals surface area contributed by atoms with Crippen LogP contribution in [0.3, 0.4) is 0 Å². The summed E-state index contributed by atoms with van der Waals surface area (Å²) in [4.78, 5) is 15.7. The number of rotatable bonds is 4. The van der Waals surface area contributed by atoms with E-state index in [-0.39, 0.29) is 0 Å². The highest BCUT2D eigenvalue weighted by Gasteiger charge is 2.24. The Hall–Kier alpha value is -7.63. The van der Waals surface area contributed by atoms with Gasteiger partial charge in [0.2, 0.25) is 0 Å². The number of furan rings is 1. The van der Waals surface area contributed by atoms with Crippen molar-refractivity contribution in [1.82, 2.24) is 19.5 Å². The molecule has 0 bridgehead atoms. The lowest BCUT2D eigenvalue weighted by Gasteiger charge is -2.13. The van der Waals surface area contributed by atoms with E-state index in [0.29, 0.717) is 17.5 Å². The Bertz CT molecular complexity index is 3410. The van der Waals surface area contributed by atoms with E-state index in [1.165, 1.54) is 10.8 Å². The van der Waals surface area contributed by atoms with Crippen molar-refractivity contribution in [3.05, 3.63) is 182 Å². The highest BCUT2D eigenvalue weighted by Crippen LogP contribution is 2.44. The molecule has 0 N–H and O–H groups in total. The van der Waals surface area contributed by atoms with Crippen LogP contribution in [0.15, 0.2) is 186 Å². The summed E-state index contributed by atoms with van der Waals surface area (Å²) >= 11 is 0. The van der Waals surface area contributed by atoms with Crippen molar-refractivity contribution >= 4 is 76.1 Å². The Morgan fingerprint density at radius 2 is 0.857 bits per heavy atom. The third-order valence-corrected chi connectivity index (χ3v) is 11.2. The van der Waals surface area contributed by atoms with Gasteiger partial charge in [-0.3, -0.25) is 0 Å². The standard InChI is InChI=1S/C51H30N4O/c1-3-14-34-29-36(23-21-31(34)11-1)49-52-50(37-24-22-32-12-2-4-15-35(32)30-37)54-51(53-49)42-27-28-45(55-43-19-9-7-17-39(43)40-18-8-10-20-44(40)55)46-41-26-25-33-13-5-6-16-38(33)47(41)56-48(42)46/h1-30H. The molecule has 9 aromatic carbocycles. The van der Waals surface area contributed by atoms with Gasteiger partial charge in [-0.2, -0.15) is 0 Å². The normalized spacial score (nSPS) is 11.9. The van der Waals surface area contributed by atoms with Gasteiger partial charge < -0.3 is 8.98 Å². The van der Waals surface area contributed by atoms with Gasteiger partial charge in [-0.05, 0) is 69.4 Å². The average molecular weight is 715 g/mol. The van der Waals surface area contributed by atoms with E-state index < -0.39 is 0 Å². The van der Waals surface area contributed by atoms with Crippen LogP contribution in [0.5, 0.6) is 0 Å². The lowest BCUT2D eigenvalue weighted by atomic mass is 10.0. The summed E-state index contributed by atoms with van der Waals surface area (Å²) in [6.45, 7) is 0. The topological polar surface area (TPSA) is 56.7 Å². The van der Waals surface area contributed by atoms with Crippen LogP contribution in [0.1, 0.15) is 0 Å². The molecule has 12 rings (SSSR count). The quantitative estimate of drug-likeness (QED) is 0.182. The molecule has 0 fully saturated rings. The van der Waals surface area contributed by atoms with Gasteiger partial charge in [0.15, 0.2) is 17.5 Å². The summed E-state index contributed by atoms with van der Waals surface area (Å²) in [5.41, 5.74) is 7.52. The smallest absolute Gasteiger partial charge is 0.167 e. The number of para-hydroxylation sites is 2. The zero-order chi connectivity index (χ0) is 36.7. The summed E-state index contributed by atoms with van der Waals surface area (Å²) in [5, 5.41) is 11.2. The van der Waals surface area contributed by atoms with Crippen LogP contribution in [0.4, 0.5) is 0 Å². The molecule has 5 heteroatoms. The van der Waals surface area contributed by atoms with Crippen LogP contribution < -0.4 is 0 Å². The molecule has 0 spiro atoms. The lowest BCUT2D eigenvalue weighted by molar-refractivity contribution is 0.673. The molecule has 0 amide bonds. The average Bonchev–Trinajstić information content (AvgIpc) is 3.83. The van der Waals surface area contributed by atoms with Crippen molar-refractivity contribution in [3.8, 4) is 39.9 Å². The van der Waals surface area contributed by atoms with Crippen molar-refractivity contribution in [2.75, 3.05) is 0 Å². The Kier molecular flexibility index (Phi) is 6.56. The number of nitrogens with zero attached hydrogens (tertiary/aromatic N) is 4. The molecule has 0 aliphatic rings. The highest BCUT2D eigenvalue weighted by molar-refractivity contribution is 6.21. The zero-order valence-corrected chi connectivity index (χ0v) is 30.0. The number of aromatic nitrogens is 4. The molecule has 5 nitrogen and oxygen atoms in total. The molecular weight excluding hydrogens is 685 g/mol. The highest BCUT2D eigenvalue weighted by atomic mass is 16.3. The molecule has 0 atom stereocenters. The van der Waals surface area contributed by atoms with Crippen molar-refractivity contribution in [2.45, 2.75) is 0 Å². The van der Waals surface area contributed by atoms with Gasteiger partial charge in [0, 0.05) is 32.7 Å². The van der Waals surface area contributed by atoms with Gasteiger partial charge in [0.1, 0.15) is 11.2 Å².